The maximum absolute atomic E-state index is 4.68. The van der Waals surface area contributed by atoms with Crippen LogP contribution in [-0.2, 0) is 6.42 Å². The van der Waals surface area contributed by atoms with Crippen molar-refractivity contribution in [1.29, 1.82) is 0 Å². The van der Waals surface area contributed by atoms with E-state index in [1.54, 1.807) is 0 Å². The van der Waals surface area contributed by atoms with Crippen LogP contribution in [-0.4, -0.2) is 16.5 Å². The molecule has 3 heteroatoms. The van der Waals surface area contributed by atoms with Gasteiger partial charge in [0.2, 0.25) is 0 Å². The van der Waals surface area contributed by atoms with Crippen LogP contribution in [0, 0.1) is 12.8 Å². The highest BCUT2D eigenvalue weighted by Gasteiger charge is 2.20. The molecule has 1 aliphatic rings. The van der Waals surface area contributed by atoms with Gasteiger partial charge in [-0.2, -0.15) is 0 Å². The summed E-state index contributed by atoms with van der Waals surface area (Å²) in [6.45, 7) is 7.59. The Bertz CT molecular complexity index is 368. The van der Waals surface area contributed by atoms with Crippen LogP contribution in [0.25, 0.3) is 0 Å². The van der Waals surface area contributed by atoms with Gasteiger partial charge >= 0.3 is 0 Å². The summed E-state index contributed by atoms with van der Waals surface area (Å²) >= 11 is 0. The Morgan fingerprint density at radius 1 is 1.41 bits per heavy atom. The molecular weight excluding hydrogens is 210 g/mol. The molecule has 0 radical (unpaired) electrons. The monoisotopic (exact) mass is 233 g/mol. The molecule has 1 fully saturated rings. The molecule has 1 aromatic heterocycles. The van der Waals surface area contributed by atoms with Crippen molar-refractivity contribution in [3.63, 3.8) is 0 Å². The van der Waals surface area contributed by atoms with Crippen molar-refractivity contribution in [2.75, 3.05) is 6.54 Å². The van der Waals surface area contributed by atoms with Gasteiger partial charge in [-0.1, -0.05) is 20.3 Å². The number of rotatable bonds is 3. The first-order chi connectivity index (χ1) is 8.16. The van der Waals surface area contributed by atoms with Gasteiger partial charge in [0.25, 0.3) is 0 Å². The van der Waals surface area contributed by atoms with E-state index in [9.17, 15) is 0 Å². The molecule has 3 nitrogen and oxygen atoms in total. The van der Waals surface area contributed by atoms with Crippen LogP contribution in [0.2, 0.25) is 0 Å². The van der Waals surface area contributed by atoms with Gasteiger partial charge in [0.05, 0.1) is 5.69 Å². The molecule has 2 rings (SSSR count). The Balaban J connectivity index is 2.25. The van der Waals surface area contributed by atoms with Crippen LogP contribution >= 0.6 is 0 Å². The maximum atomic E-state index is 4.68. The second-order valence-electron chi connectivity index (χ2n) is 5.43. The zero-order valence-corrected chi connectivity index (χ0v) is 11.2. The number of hydrogen-bond acceptors (Lipinski definition) is 3. The van der Waals surface area contributed by atoms with E-state index in [1.165, 1.54) is 30.5 Å². The first-order valence-electron chi connectivity index (χ1n) is 6.72. The van der Waals surface area contributed by atoms with Gasteiger partial charge in [-0.15, -0.1) is 0 Å². The van der Waals surface area contributed by atoms with Crippen LogP contribution in [0.1, 0.15) is 56.2 Å². The number of nitrogens with one attached hydrogen (secondary N) is 1. The molecule has 2 heterocycles. The summed E-state index contributed by atoms with van der Waals surface area (Å²) in [7, 11) is 0. The smallest absolute Gasteiger partial charge is 0.125 e. The molecule has 1 N–H and O–H groups in total. The van der Waals surface area contributed by atoms with E-state index in [-0.39, 0.29) is 0 Å². The topological polar surface area (TPSA) is 37.8 Å². The van der Waals surface area contributed by atoms with Crippen LogP contribution < -0.4 is 5.32 Å². The first kappa shape index (κ1) is 12.5. The van der Waals surface area contributed by atoms with Gasteiger partial charge in [-0.05, 0) is 44.2 Å². The van der Waals surface area contributed by atoms with Crippen LogP contribution in [0.5, 0.6) is 0 Å². The predicted octanol–water partition coefficient (Wildman–Crippen LogP) is 2.80. The molecule has 1 atom stereocenters. The molecular formula is C14H23N3. The van der Waals surface area contributed by atoms with Crippen LogP contribution in [0.15, 0.2) is 6.20 Å². The van der Waals surface area contributed by atoms with Gasteiger partial charge in [0.1, 0.15) is 5.82 Å². The minimum absolute atomic E-state index is 0.444. The van der Waals surface area contributed by atoms with Crippen molar-refractivity contribution < 1.29 is 0 Å². The van der Waals surface area contributed by atoms with Gasteiger partial charge in [-0.25, -0.2) is 9.97 Å². The lowest BCUT2D eigenvalue weighted by Gasteiger charge is -2.25. The van der Waals surface area contributed by atoms with Crippen LogP contribution in [0.3, 0.4) is 0 Å². The predicted molar refractivity (Wildman–Crippen MR) is 69.9 cm³/mol. The van der Waals surface area contributed by atoms with Gasteiger partial charge in [0, 0.05) is 12.2 Å². The largest absolute Gasteiger partial charge is 0.309 e. The summed E-state index contributed by atoms with van der Waals surface area (Å²) in [6.07, 6.45) is 6.91. The van der Waals surface area contributed by atoms with Crippen molar-refractivity contribution in [1.82, 2.24) is 15.3 Å². The molecule has 1 unspecified atom stereocenters. The quantitative estimate of drug-likeness (QED) is 0.872. The molecule has 0 amide bonds. The van der Waals surface area contributed by atoms with E-state index in [2.05, 4.69) is 29.1 Å². The second kappa shape index (κ2) is 5.58. The highest BCUT2D eigenvalue weighted by molar-refractivity contribution is 5.22. The summed E-state index contributed by atoms with van der Waals surface area (Å²) in [5.41, 5.74) is 2.57. The summed E-state index contributed by atoms with van der Waals surface area (Å²) in [5, 5.41) is 3.59. The SMILES string of the molecule is Cc1ncc(CC(C)C)c(C2CCCCN2)n1. The van der Waals surface area contributed by atoms with E-state index in [0.717, 1.165) is 18.8 Å². The lowest BCUT2D eigenvalue weighted by Crippen LogP contribution is -2.29. The Labute approximate surface area is 104 Å². The zero-order valence-electron chi connectivity index (χ0n) is 11.2. The number of aryl methyl sites for hydroxylation is 1. The third kappa shape index (κ3) is 3.25. The molecule has 17 heavy (non-hydrogen) atoms. The highest BCUT2D eigenvalue weighted by Crippen LogP contribution is 2.25. The third-order valence-electron chi connectivity index (χ3n) is 3.29. The first-order valence-corrected chi connectivity index (χ1v) is 6.72. The fourth-order valence-corrected chi connectivity index (χ4v) is 2.50. The van der Waals surface area contributed by atoms with E-state index in [1.807, 2.05) is 13.1 Å². The lowest BCUT2D eigenvalue weighted by atomic mass is 9.95. The van der Waals surface area contributed by atoms with Gasteiger partial charge < -0.3 is 5.32 Å². The van der Waals surface area contributed by atoms with Gasteiger partial charge in [0.15, 0.2) is 0 Å². The molecule has 0 saturated carbocycles. The minimum Gasteiger partial charge on any atom is -0.309 e. The number of piperidine rings is 1. The number of aromatic nitrogens is 2. The van der Waals surface area contributed by atoms with E-state index >= 15 is 0 Å². The van der Waals surface area contributed by atoms with Crippen molar-refractivity contribution in [2.24, 2.45) is 5.92 Å². The summed E-state index contributed by atoms with van der Waals surface area (Å²) < 4.78 is 0. The van der Waals surface area contributed by atoms with Crippen LogP contribution in [0.4, 0.5) is 0 Å². The standard InChI is InChI=1S/C14H23N3/c1-10(2)8-12-9-16-11(3)17-14(12)13-6-4-5-7-15-13/h9-10,13,15H,4-8H2,1-3H3. The maximum Gasteiger partial charge on any atom is 0.125 e. The minimum atomic E-state index is 0.444. The molecule has 0 aliphatic carbocycles. The van der Waals surface area contributed by atoms with Crippen molar-refractivity contribution >= 4 is 0 Å². The normalized spacial score (nSPS) is 20.8. The Hall–Kier alpha value is -0.960. The Morgan fingerprint density at radius 3 is 2.88 bits per heavy atom. The fourth-order valence-electron chi connectivity index (χ4n) is 2.50. The molecule has 0 spiro atoms. The van der Waals surface area contributed by atoms with E-state index < -0.39 is 0 Å². The van der Waals surface area contributed by atoms with Crippen molar-refractivity contribution in [3.8, 4) is 0 Å². The molecule has 1 aromatic rings. The zero-order chi connectivity index (χ0) is 12.3. The van der Waals surface area contributed by atoms with Crippen molar-refractivity contribution in [3.05, 3.63) is 23.3 Å². The summed E-state index contributed by atoms with van der Waals surface area (Å²) in [6, 6.07) is 0.444. The Kier molecular flexibility index (Phi) is 4.11. The average Bonchev–Trinajstić information content (AvgIpc) is 2.32. The molecule has 1 aliphatic heterocycles. The third-order valence-corrected chi connectivity index (χ3v) is 3.29. The second-order valence-corrected chi connectivity index (χ2v) is 5.43. The summed E-state index contributed by atoms with van der Waals surface area (Å²) in [5.74, 6) is 1.54. The Morgan fingerprint density at radius 2 is 2.24 bits per heavy atom. The summed E-state index contributed by atoms with van der Waals surface area (Å²) in [4.78, 5) is 9.03. The fraction of sp³-hybridized carbons (Fsp3) is 0.714. The van der Waals surface area contributed by atoms with E-state index in [4.69, 9.17) is 0 Å². The molecule has 1 saturated heterocycles. The average molecular weight is 233 g/mol. The highest BCUT2D eigenvalue weighted by atomic mass is 15.0. The molecule has 0 bridgehead atoms. The lowest BCUT2D eigenvalue weighted by molar-refractivity contribution is 0.400. The molecule has 0 aromatic carbocycles. The van der Waals surface area contributed by atoms with Gasteiger partial charge in [-0.3, -0.25) is 0 Å². The number of nitrogens with zero attached hydrogens (tertiary/aromatic N) is 2. The molecule has 94 valence electrons. The number of hydrogen-bond donors (Lipinski definition) is 1. The van der Waals surface area contributed by atoms with E-state index in [0.29, 0.717) is 12.0 Å². The van der Waals surface area contributed by atoms with Crippen molar-refractivity contribution in [2.45, 2.75) is 52.5 Å².